The molecule has 0 aliphatic heterocycles. The average molecular weight is 212 g/mol. The van der Waals surface area contributed by atoms with Crippen molar-refractivity contribution in [2.24, 2.45) is 0 Å². The summed E-state index contributed by atoms with van der Waals surface area (Å²) in [6, 6.07) is 15.5. The van der Waals surface area contributed by atoms with Gasteiger partial charge in [0.1, 0.15) is 25.1 Å². The highest BCUT2D eigenvalue weighted by atomic mass is 16.5. The fourth-order valence-corrected chi connectivity index (χ4v) is 1.39. The monoisotopic (exact) mass is 212 g/mol. The molecule has 0 aliphatic carbocycles. The standard InChI is InChI=1S/C13H13BO2/c1-15-11-6-8-13(9-7-11)16-12-4-2-10(14)3-5-12/h2-9H,14H2,1H3. The van der Waals surface area contributed by atoms with Gasteiger partial charge in [0.2, 0.25) is 0 Å². The third kappa shape index (κ3) is 2.57. The second-order valence-electron chi connectivity index (χ2n) is 3.59. The van der Waals surface area contributed by atoms with Gasteiger partial charge in [0.05, 0.1) is 7.11 Å². The maximum absolute atomic E-state index is 5.68. The highest BCUT2D eigenvalue weighted by Gasteiger charge is 1.97. The summed E-state index contributed by atoms with van der Waals surface area (Å²) < 4.78 is 10.8. The number of benzene rings is 2. The van der Waals surface area contributed by atoms with E-state index in [4.69, 9.17) is 9.47 Å². The van der Waals surface area contributed by atoms with Gasteiger partial charge >= 0.3 is 0 Å². The highest BCUT2D eigenvalue weighted by molar-refractivity contribution is 6.32. The largest absolute Gasteiger partial charge is 0.497 e. The molecule has 0 aromatic heterocycles. The number of ether oxygens (including phenoxy) is 2. The zero-order valence-corrected chi connectivity index (χ0v) is 9.44. The first-order valence-electron chi connectivity index (χ1n) is 5.16. The lowest BCUT2D eigenvalue weighted by molar-refractivity contribution is 0.413. The van der Waals surface area contributed by atoms with Crippen molar-refractivity contribution in [2.75, 3.05) is 7.11 Å². The van der Waals surface area contributed by atoms with E-state index in [0.717, 1.165) is 17.2 Å². The van der Waals surface area contributed by atoms with Crippen LogP contribution in [0.15, 0.2) is 48.5 Å². The molecule has 0 unspecified atom stereocenters. The number of hydrogen-bond acceptors (Lipinski definition) is 2. The molecule has 0 atom stereocenters. The summed E-state index contributed by atoms with van der Waals surface area (Å²) in [5.74, 6) is 2.48. The molecule has 2 aromatic rings. The molecule has 3 heteroatoms. The molecular weight excluding hydrogens is 199 g/mol. The SMILES string of the molecule is Bc1ccc(Oc2ccc(OC)cc2)cc1. The highest BCUT2D eigenvalue weighted by Crippen LogP contribution is 2.22. The van der Waals surface area contributed by atoms with Gasteiger partial charge in [-0.25, -0.2) is 0 Å². The second kappa shape index (κ2) is 4.75. The molecule has 16 heavy (non-hydrogen) atoms. The second-order valence-corrected chi connectivity index (χ2v) is 3.59. The van der Waals surface area contributed by atoms with E-state index in [0.29, 0.717) is 0 Å². The Balaban J connectivity index is 2.11. The Morgan fingerprint density at radius 2 is 1.19 bits per heavy atom. The smallest absolute Gasteiger partial charge is 0.139 e. The lowest BCUT2D eigenvalue weighted by Gasteiger charge is -2.06. The molecule has 0 radical (unpaired) electrons. The number of methoxy groups -OCH3 is 1. The molecule has 0 aliphatic rings. The van der Waals surface area contributed by atoms with Crippen molar-refractivity contribution in [3.05, 3.63) is 48.5 Å². The third-order valence-electron chi connectivity index (χ3n) is 2.32. The Morgan fingerprint density at radius 3 is 1.69 bits per heavy atom. The van der Waals surface area contributed by atoms with Gasteiger partial charge in [-0.15, -0.1) is 0 Å². The van der Waals surface area contributed by atoms with Gasteiger partial charge in [-0.1, -0.05) is 17.6 Å². The Kier molecular flexibility index (Phi) is 3.15. The molecule has 2 rings (SSSR count). The molecule has 0 N–H and O–H groups in total. The van der Waals surface area contributed by atoms with E-state index in [-0.39, 0.29) is 0 Å². The predicted molar refractivity (Wildman–Crippen MR) is 67.7 cm³/mol. The van der Waals surface area contributed by atoms with Crippen LogP contribution in [-0.2, 0) is 0 Å². The van der Waals surface area contributed by atoms with Crippen LogP contribution in [0.4, 0.5) is 0 Å². The van der Waals surface area contributed by atoms with Crippen LogP contribution in [0.1, 0.15) is 0 Å². The van der Waals surface area contributed by atoms with Crippen LogP contribution in [0.3, 0.4) is 0 Å². The van der Waals surface area contributed by atoms with Crippen LogP contribution >= 0.6 is 0 Å². The topological polar surface area (TPSA) is 18.5 Å². The van der Waals surface area contributed by atoms with E-state index in [1.54, 1.807) is 7.11 Å². The summed E-state index contributed by atoms with van der Waals surface area (Å²) in [5.41, 5.74) is 1.22. The maximum atomic E-state index is 5.68. The Labute approximate surface area is 96.2 Å². The fourth-order valence-electron chi connectivity index (χ4n) is 1.39. The number of rotatable bonds is 3. The van der Waals surface area contributed by atoms with Crippen LogP contribution in [0.2, 0.25) is 0 Å². The van der Waals surface area contributed by atoms with Crippen molar-refractivity contribution < 1.29 is 9.47 Å². The lowest BCUT2D eigenvalue weighted by atomic mass is 9.97. The van der Waals surface area contributed by atoms with Gasteiger partial charge in [0, 0.05) is 0 Å². The summed E-state index contributed by atoms with van der Waals surface area (Å²) in [4.78, 5) is 0. The van der Waals surface area contributed by atoms with Gasteiger partial charge in [-0.2, -0.15) is 0 Å². The summed E-state index contributed by atoms with van der Waals surface area (Å²) in [6.07, 6.45) is 0. The van der Waals surface area contributed by atoms with Gasteiger partial charge in [-0.3, -0.25) is 0 Å². The van der Waals surface area contributed by atoms with Crippen molar-refractivity contribution in [1.29, 1.82) is 0 Å². The summed E-state index contributed by atoms with van der Waals surface area (Å²) in [7, 11) is 3.70. The quantitative estimate of drug-likeness (QED) is 0.721. The maximum Gasteiger partial charge on any atom is 0.139 e. The van der Waals surface area contributed by atoms with Gasteiger partial charge in [-0.05, 0) is 36.4 Å². The molecule has 2 aromatic carbocycles. The van der Waals surface area contributed by atoms with E-state index in [9.17, 15) is 0 Å². The summed E-state index contributed by atoms with van der Waals surface area (Å²) >= 11 is 0. The predicted octanol–water partition coefficient (Wildman–Crippen LogP) is 1.75. The summed E-state index contributed by atoms with van der Waals surface area (Å²) in [6.45, 7) is 0. The molecule has 0 amide bonds. The van der Waals surface area contributed by atoms with Crippen molar-refractivity contribution in [2.45, 2.75) is 0 Å². The molecular formula is C13H13BO2. The van der Waals surface area contributed by atoms with Gasteiger partial charge in [0.25, 0.3) is 0 Å². The first-order chi connectivity index (χ1) is 7.78. The van der Waals surface area contributed by atoms with Gasteiger partial charge in [0.15, 0.2) is 0 Å². The van der Waals surface area contributed by atoms with E-state index < -0.39 is 0 Å². The minimum absolute atomic E-state index is 0.810. The minimum atomic E-state index is 0.810. The van der Waals surface area contributed by atoms with Crippen molar-refractivity contribution in [3.8, 4) is 17.2 Å². The minimum Gasteiger partial charge on any atom is -0.497 e. The molecule has 80 valence electrons. The van der Waals surface area contributed by atoms with E-state index in [1.807, 2.05) is 48.5 Å². The van der Waals surface area contributed by atoms with E-state index in [2.05, 4.69) is 7.85 Å². The van der Waals surface area contributed by atoms with Crippen molar-refractivity contribution in [3.63, 3.8) is 0 Å². The molecule has 0 bridgehead atoms. The third-order valence-corrected chi connectivity index (χ3v) is 2.32. The molecule has 2 nitrogen and oxygen atoms in total. The molecule has 0 heterocycles. The molecule has 0 saturated heterocycles. The fraction of sp³-hybridized carbons (Fsp3) is 0.0769. The van der Waals surface area contributed by atoms with Crippen LogP contribution in [-0.4, -0.2) is 15.0 Å². The lowest BCUT2D eigenvalue weighted by Crippen LogP contribution is -1.99. The Morgan fingerprint density at radius 1 is 0.750 bits per heavy atom. The van der Waals surface area contributed by atoms with Crippen LogP contribution in [0, 0.1) is 0 Å². The molecule has 0 saturated carbocycles. The van der Waals surface area contributed by atoms with E-state index >= 15 is 0 Å². The number of hydrogen-bond donors (Lipinski definition) is 0. The van der Waals surface area contributed by atoms with Crippen LogP contribution < -0.4 is 14.9 Å². The van der Waals surface area contributed by atoms with Crippen LogP contribution in [0.25, 0.3) is 0 Å². The first kappa shape index (κ1) is 10.6. The van der Waals surface area contributed by atoms with E-state index in [1.165, 1.54) is 5.46 Å². The Bertz CT molecular complexity index is 448. The Hall–Kier alpha value is -1.90. The average Bonchev–Trinajstić information content (AvgIpc) is 2.33. The zero-order chi connectivity index (χ0) is 11.4. The normalized spacial score (nSPS) is 9.81. The van der Waals surface area contributed by atoms with Gasteiger partial charge < -0.3 is 9.47 Å². The van der Waals surface area contributed by atoms with Crippen molar-refractivity contribution >= 4 is 13.3 Å². The van der Waals surface area contributed by atoms with Crippen molar-refractivity contribution in [1.82, 2.24) is 0 Å². The molecule has 0 spiro atoms. The zero-order valence-electron chi connectivity index (χ0n) is 9.44. The van der Waals surface area contributed by atoms with Crippen LogP contribution in [0.5, 0.6) is 17.2 Å². The molecule has 0 fully saturated rings. The summed E-state index contributed by atoms with van der Waals surface area (Å²) in [5, 5.41) is 0. The first-order valence-corrected chi connectivity index (χ1v) is 5.16.